The predicted molar refractivity (Wildman–Crippen MR) is 126 cm³/mol. The summed E-state index contributed by atoms with van der Waals surface area (Å²) in [5.74, 6) is 1.14. The van der Waals surface area contributed by atoms with Gasteiger partial charge in [-0.25, -0.2) is 4.39 Å². The van der Waals surface area contributed by atoms with Crippen LogP contribution in [0.2, 0.25) is 0 Å². The second-order valence-corrected chi connectivity index (χ2v) is 8.59. The summed E-state index contributed by atoms with van der Waals surface area (Å²) in [5, 5.41) is 3.79. The Kier molecular flexibility index (Phi) is 7.86. The fourth-order valence-corrected chi connectivity index (χ4v) is 4.22. The largest absolute Gasteiger partial charge is 0.492 e. The number of aromatic nitrogens is 1. The van der Waals surface area contributed by atoms with Gasteiger partial charge in [0.2, 0.25) is 0 Å². The lowest BCUT2D eigenvalue weighted by molar-refractivity contribution is 0.153. The summed E-state index contributed by atoms with van der Waals surface area (Å²) >= 11 is 0. The van der Waals surface area contributed by atoms with Gasteiger partial charge in [-0.05, 0) is 87.3 Å². The van der Waals surface area contributed by atoms with Crippen molar-refractivity contribution in [1.82, 2.24) is 15.2 Å². The summed E-state index contributed by atoms with van der Waals surface area (Å²) in [7, 11) is 0. The van der Waals surface area contributed by atoms with Crippen LogP contribution in [-0.2, 0) is 0 Å². The summed E-state index contributed by atoms with van der Waals surface area (Å²) in [6.07, 6.45) is 4.21. The van der Waals surface area contributed by atoms with Gasteiger partial charge in [-0.3, -0.25) is 9.88 Å². The van der Waals surface area contributed by atoms with Gasteiger partial charge in [0.15, 0.2) is 0 Å². The van der Waals surface area contributed by atoms with E-state index >= 15 is 0 Å². The van der Waals surface area contributed by atoms with E-state index in [0.29, 0.717) is 12.5 Å². The molecule has 4 rings (SSSR count). The molecule has 0 saturated carbocycles. The minimum atomic E-state index is -0.235. The van der Waals surface area contributed by atoms with Gasteiger partial charge in [0, 0.05) is 12.7 Å². The number of nitrogens with zero attached hydrogens (tertiary/aromatic N) is 2. The maximum atomic E-state index is 13.0. The lowest BCUT2D eigenvalue weighted by atomic mass is 9.95. The highest BCUT2D eigenvalue weighted by molar-refractivity contribution is 5.30. The molecule has 2 heterocycles. The topological polar surface area (TPSA) is 37.4 Å². The van der Waals surface area contributed by atoms with Gasteiger partial charge < -0.3 is 10.1 Å². The van der Waals surface area contributed by atoms with E-state index < -0.39 is 0 Å². The molecule has 0 aliphatic carbocycles. The van der Waals surface area contributed by atoms with Gasteiger partial charge in [0.05, 0.1) is 11.7 Å². The van der Waals surface area contributed by atoms with Crippen molar-refractivity contribution in [2.75, 3.05) is 32.8 Å². The Morgan fingerprint density at radius 2 is 1.78 bits per heavy atom. The van der Waals surface area contributed by atoms with Crippen LogP contribution in [0, 0.1) is 18.7 Å². The van der Waals surface area contributed by atoms with Crippen molar-refractivity contribution in [3.05, 3.63) is 95.6 Å². The maximum absolute atomic E-state index is 13.0. The van der Waals surface area contributed by atoms with Gasteiger partial charge >= 0.3 is 0 Å². The number of ether oxygens (including phenoxy) is 1. The first kappa shape index (κ1) is 22.4. The normalized spacial score (nSPS) is 16.1. The van der Waals surface area contributed by atoms with Crippen LogP contribution in [-0.4, -0.2) is 42.7 Å². The van der Waals surface area contributed by atoms with Crippen LogP contribution in [0.5, 0.6) is 5.75 Å². The molecule has 0 unspecified atom stereocenters. The van der Waals surface area contributed by atoms with E-state index in [1.807, 2.05) is 12.3 Å². The summed E-state index contributed by atoms with van der Waals surface area (Å²) < 4.78 is 18.7. The second kappa shape index (κ2) is 11.2. The van der Waals surface area contributed by atoms with Crippen molar-refractivity contribution < 1.29 is 9.13 Å². The molecular weight excluding hydrogens is 401 g/mol. The van der Waals surface area contributed by atoms with Gasteiger partial charge in [-0.1, -0.05) is 35.9 Å². The molecule has 1 aliphatic rings. The van der Waals surface area contributed by atoms with E-state index in [4.69, 9.17) is 4.74 Å². The molecule has 1 aliphatic heterocycles. The third kappa shape index (κ3) is 6.38. The Morgan fingerprint density at radius 3 is 2.47 bits per heavy atom. The molecule has 0 spiro atoms. The Labute approximate surface area is 190 Å². The third-order valence-electron chi connectivity index (χ3n) is 6.20. The SMILES string of the molecule is Cc1ccc([C@H](NCC2CCN(CCOc3ccc(F)cc3)CC2)c2ccccn2)cc1. The van der Waals surface area contributed by atoms with Gasteiger partial charge in [-0.2, -0.15) is 0 Å². The number of benzene rings is 2. The highest BCUT2D eigenvalue weighted by Gasteiger charge is 2.21. The molecule has 1 atom stereocenters. The van der Waals surface area contributed by atoms with Crippen molar-refractivity contribution >= 4 is 0 Å². The van der Waals surface area contributed by atoms with E-state index in [2.05, 4.69) is 58.5 Å². The quantitative estimate of drug-likeness (QED) is 0.515. The summed E-state index contributed by atoms with van der Waals surface area (Å²) in [6.45, 7) is 6.79. The first-order valence-electron chi connectivity index (χ1n) is 11.5. The van der Waals surface area contributed by atoms with Crippen LogP contribution in [0.4, 0.5) is 4.39 Å². The van der Waals surface area contributed by atoms with Crippen LogP contribution in [0.1, 0.15) is 35.7 Å². The minimum Gasteiger partial charge on any atom is -0.492 e. The smallest absolute Gasteiger partial charge is 0.123 e. The van der Waals surface area contributed by atoms with Gasteiger partial charge in [-0.15, -0.1) is 0 Å². The van der Waals surface area contributed by atoms with E-state index in [1.54, 1.807) is 12.1 Å². The van der Waals surface area contributed by atoms with Crippen molar-refractivity contribution in [1.29, 1.82) is 0 Å². The number of nitrogens with one attached hydrogen (secondary N) is 1. The van der Waals surface area contributed by atoms with E-state index in [9.17, 15) is 4.39 Å². The molecule has 0 radical (unpaired) electrons. The Balaban J connectivity index is 1.24. The fraction of sp³-hybridized carbons (Fsp3) is 0.370. The van der Waals surface area contributed by atoms with Crippen molar-refractivity contribution in [2.45, 2.75) is 25.8 Å². The Morgan fingerprint density at radius 1 is 1.03 bits per heavy atom. The molecule has 1 saturated heterocycles. The molecule has 1 fully saturated rings. The standard InChI is InChI=1S/C27H32FN3O/c1-21-5-7-23(8-6-21)27(26-4-2-3-15-29-26)30-20-22-13-16-31(17-14-22)18-19-32-25-11-9-24(28)10-12-25/h2-12,15,22,27,30H,13-14,16-20H2,1H3/t27-/m0/s1. The van der Waals surface area contributed by atoms with Crippen LogP contribution >= 0.6 is 0 Å². The molecule has 2 aromatic carbocycles. The monoisotopic (exact) mass is 433 g/mol. The van der Waals surface area contributed by atoms with E-state index in [1.165, 1.54) is 36.1 Å². The molecule has 32 heavy (non-hydrogen) atoms. The van der Waals surface area contributed by atoms with Crippen LogP contribution in [0.3, 0.4) is 0 Å². The second-order valence-electron chi connectivity index (χ2n) is 8.59. The summed E-state index contributed by atoms with van der Waals surface area (Å²) in [5.41, 5.74) is 3.58. The minimum absolute atomic E-state index is 0.110. The van der Waals surface area contributed by atoms with Gasteiger partial charge in [0.1, 0.15) is 18.2 Å². The molecule has 1 N–H and O–H groups in total. The zero-order valence-corrected chi connectivity index (χ0v) is 18.7. The number of rotatable bonds is 9. The van der Waals surface area contributed by atoms with Crippen LogP contribution in [0.25, 0.3) is 0 Å². The maximum Gasteiger partial charge on any atom is 0.123 e. The highest BCUT2D eigenvalue weighted by Crippen LogP contribution is 2.23. The average molecular weight is 434 g/mol. The fourth-order valence-electron chi connectivity index (χ4n) is 4.22. The van der Waals surface area contributed by atoms with Crippen molar-refractivity contribution in [3.8, 4) is 5.75 Å². The average Bonchev–Trinajstić information content (AvgIpc) is 2.83. The third-order valence-corrected chi connectivity index (χ3v) is 6.20. The van der Waals surface area contributed by atoms with Gasteiger partial charge in [0.25, 0.3) is 0 Å². The first-order valence-corrected chi connectivity index (χ1v) is 11.5. The number of halogens is 1. The predicted octanol–water partition coefficient (Wildman–Crippen LogP) is 5.00. The zero-order chi connectivity index (χ0) is 22.2. The molecule has 4 nitrogen and oxygen atoms in total. The Bertz CT molecular complexity index is 939. The number of aryl methyl sites for hydroxylation is 1. The first-order chi connectivity index (χ1) is 15.7. The molecular formula is C27H32FN3O. The Hall–Kier alpha value is -2.76. The lowest BCUT2D eigenvalue weighted by Crippen LogP contribution is -2.40. The van der Waals surface area contributed by atoms with Crippen molar-refractivity contribution in [3.63, 3.8) is 0 Å². The number of likely N-dealkylation sites (tertiary alicyclic amines) is 1. The number of piperidine rings is 1. The van der Waals surface area contributed by atoms with E-state index in [0.717, 1.165) is 37.6 Å². The highest BCUT2D eigenvalue weighted by atomic mass is 19.1. The lowest BCUT2D eigenvalue weighted by Gasteiger charge is -2.33. The van der Waals surface area contributed by atoms with Crippen LogP contribution in [0.15, 0.2) is 72.9 Å². The zero-order valence-electron chi connectivity index (χ0n) is 18.7. The number of hydrogen-bond acceptors (Lipinski definition) is 4. The molecule has 1 aromatic heterocycles. The summed E-state index contributed by atoms with van der Waals surface area (Å²) in [6, 6.07) is 21.2. The van der Waals surface area contributed by atoms with Crippen LogP contribution < -0.4 is 10.1 Å². The summed E-state index contributed by atoms with van der Waals surface area (Å²) in [4.78, 5) is 7.07. The van der Waals surface area contributed by atoms with E-state index in [-0.39, 0.29) is 11.9 Å². The molecule has 0 bridgehead atoms. The number of pyridine rings is 1. The number of hydrogen-bond donors (Lipinski definition) is 1. The molecule has 0 amide bonds. The van der Waals surface area contributed by atoms with Crippen molar-refractivity contribution in [2.24, 2.45) is 5.92 Å². The molecule has 5 heteroatoms. The molecule has 3 aromatic rings. The molecule has 168 valence electrons.